The zero-order valence-corrected chi connectivity index (χ0v) is 11.8. The molecule has 0 spiro atoms. The van der Waals surface area contributed by atoms with E-state index in [0.717, 1.165) is 17.3 Å². The second kappa shape index (κ2) is 5.01. The van der Waals surface area contributed by atoms with Crippen molar-refractivity contribution in [2.75, 3.05) is 11.4 Å². The second-order valence-electron chi connectivity index (χ2n) is 5.39. The summed E-state index contributed by atoms with van der Waals surface area (Å²) in [6, 6.07) is 9.93. The summed E-state index contributed by atoms with van der Waals surface area (Å²) >= 11 is 3.51. The first kappa shape index (κ1) is 11.6. The van der Waals surface area contributed by atoms with Crippen LogP contribution in [0.25, 0.3) is 0 Å². The van der Waals surface area contributed by atoms with E-state index in [1.807, 2.05) is 0 Å². The number of hydrogen-bond acceptors (Lipinski definition) is 1. The molecule has 2 aliphatic rings. The molecule has 1 aromatic rings. The zero-order chi connectivity index (χ0) is 11.7. The van der Waals surface area contributed by atoms with Gasteiger partial charge in [-0.3, -0.25) is 0 Å². The molecule has 1 heterocycles. The molecule has 2 unspecified atom stereocenters. The van der Waals surface area contributed by atoms with Gasteiger partial charge in [0.2, 0.25) is 0 Å². The number of hydrogen-bond donors (Lipinski definition) is 0. The molecule has 1 saturated heterocycles. The molecule has 0 aromatic heterocycles. The Morgan fingerprint density at radius 1 is 1.06 bits per heavy atom. The van der Waals surface area contributed by atoms with Crippen molar-refractivity contribution in [1.82, 2.24) is 0 Å². The Hall–Kier alpha value is -0.500. The summed E-state index contributed by atoms with van der Waals surface area (Å²) in [5.74, 6) is 0.972. The molecular weight excluding hydrogens is 274 g/mol. The summed E-state index contributed by atoms with van der Waals surface area (Å²) in [5, 5.41) is 0.958. The van der Waals surface area contributed by atoms with E-state index < -0.39 is 0 Å². The van der Waals surface area contributed by atoms with Crippen LogP contribution in [-0.4, -0.2) is 12.6 Å². The molecule has 2 atom stereocenters. The van der Waals surface area contributed by atoms with Crippen LogP contribution in [0.3, 0.4) is 0 Å². The number of rotatable bonds is 2. The van der Waals surface area contributed by atoms with E-state index in [1.54, 1.807) is 0 Å². The first-order valence-electron chi connectivity index (χ1n) is 6.80. The van der Waals surface area contributed by atoms with Crippen LogP contribution in [0.4, 0.5) is 5.69 Å². The van der Waals surface area contributed by atoms with Crippen molar-refractivity contribution >= 4 is 21.6 Å². The lowest BCUT2D eigenvalue weighted by Crippen LogP contribution is -2.34. The highest BCUT2D eigenvalue weighted by Gasteiger charge is 2.35. The van der Waals surface area contributed by atoms with Crippen molar-refractivity contribution in [3.05, 3.63) is 29.8 Å². The SMILES string of the molecule is BrCc1ccc(N2CCC3CCCCC32)cc1. The third-order valence-corrected chi connectivity index (χ3v) is 5.08. The molecule has 1 aromatic carbocycles. The topological polar surface area (TPSA) is 3.24 Å². The van der Waals surface area contributed by atoms with E-state index in [1.165, 1.54) is 49.9 Å². The Labute approximate surface area is 112 Å². The Morgan fingerprint density at radius 2 is 1.82 bits per heavy atom. The molecule has 0 radical (unpaired) electrons. The third-order valence-electron chi connectivity index (χ3n) is 4.43. The van der Waals surface area contributed by atoms with Gasteiger partial charge in [0.1, 0.15) is 0 Å². The first-order valence-corrected chi connectivity index (χ1v) is 7.92. The maximum absolute atomic E-state index is 3.51. The fourth-order valence-corrected chi connectivity index (χ4v) is 3.88. The lowest BCUT2D eigenvalue weighted by Gasteiger charge is -2.33. The molecule has 92 valence electrons. The molecule has 17 heavy (non-hydrogen) atoms. The van der Waals surface area contributed by atoms with E-state index in [2.05, 4.69) is 45.1 Å². The average Bonchev–Trinajstić information content (AvgIpc) is 2.83. The zero-order valence-electron chi connectivity index (χ0n) is 10.2. The summed E-state index contributed by atoms with van der Waals surface area (Å²) in [5.41, 5.74) is 2.80. The minimum absolute atomic E-state index is 0.832. The van der Waals surface area contributed by atoms with E-state index in [4.69, 9.17) is 0 Å². The molecule has 2 heteroatoms. The normalized spacial score (nSPS) is 28.2. The van der Waals surface area contributed by atoms with Gasteiger partial charge in [0.25, 0.3) is 0 Å². The van der Waals surface area contributed by atoms with Crippen molar-refractivity contribution in [3.8, 4) is 0 Å². The maximum atomic E-state index is 3.51. The maximum Gasteiger partial charge on any atom is 0.0368 e. The molecule has 0 N–H and O–H groups in total. The Bertz CT molecular complexity index is 373. The van der Waals surface area contributed by atoms with Gasteiger partial charge in [-0.15, -0.1) is 0 Å². The van der Waals surface area contributed by atoms with Gasteiger partial charge in [0, 0.05) is 23.6 Å². The number of nitrogens with zero attached hydrogens (tertiary/aromatic N) is 1. The number of fused-ring (bicyclic) bond motifs is 1. The van der Waals surface area contributed by atoms with Gasteiger partial charge in [0.15, 0.2) is 0 Å². The van der Waals surface area contributed by atoms with E-state index in [9.17, 15) is 0 Å². The Morgan fingerprint density at radius 3 is 2.59 bits per heavy atom. The first-order chi connectivity index (χ1) is 8.38. The van der Waals surface area contributed by atoms with Crippen LogP contribution in [-0.2, 0) is 5.33 Å². The third kappa shape index (κ3) is 2.24. The van der Waals surface area contributed by atoms with Gasteiger partial charge in [-0.05, 0) is 42.9 Å². The predicted octanol–water partition coefficient (Wildman–Crippen LogP) is 4.35. The standard InChI is InChI=1S/C15H20BrN/c16-11-12-5-7-14(8-6-12)17-10-9-13-3-1-2-4-15(13)17/h5-8,13,15H,1-4,9-11H2. The van der Waals surface area contributed by atoms with Crippen LogP contribution < -0.4 is 4.90 Å². The fourth-order valence-electron chi connectivity index (χ4n) is 3.50. The monoisotopic (exact) mass is 293 g/mol. The summed E-state index contributed by atoms with van der Waals surface area (Å²) in [7, 11) is 0. The van der Waals surface area contributed by atoms with E-state index >= 15 is 0 Å². The lowest BCUT2D eigenvalue weighted by atomic mass is 9.85. The van der Waals surface area contributed by atoms with Gasteiger partial charge in [-0.2, -0.15) is 0 Å². The van der Waals surface area contributed by atoms with E-state index in [0.29, 0.717) is 0 Å². The number of benzene rings is 1. The number of halogens is 1. The lowest BCUT2D eigenvalue weighted by molar-refractivity contribution is 0.342. The Kier molecular flexibility index (Phi) is 3.41. The molecule has 1 aliphatic heterocycles. The molecule has 1 saturated carbocycles. The number of anilines is 1. The second-order valence-corrected chi connectivity index (χ2v) is 5.95. The number of alkyl halides is 1. The highest BCUT2D eigenvalue weighted by Crippen LogP contribution is 2.38. The molecule has 1 aliphatic carbocycles. The van der Waals surface area contributed by atoms with Gasteiger partial charge < -0.3 is 4.90 Å². The van der Waals surface area contributed by atoms with Crippen LogP contribution >= 0.6 is 15.9 Å². The largest absolute Gasteiger partial charge is 0.368 e. The smallest absolute Gasteiger partial charge is 0.0368 e. The molecule has 0 amide bonds. The van der Waals surface area contributed by atoms with Crippen molar-refractivity contribution in [1.29, 1.82) is 0 Å². The van der Waals surface area contributed by atoms with Gasteiger partial charge in [0.05, 0.1) is 0 Å². The molecular formula is C15H20BrN. The minimum Gasteiger partial charge on any atom is -0.368 e. The van der Waals surface area contributed by atoms with Crippen molar-refractivity contribution in [3.63, 3.8) is 0 Å². The van der Waals surface area contributed by atoms with Crippen LogP contribution in [0, 0.1) is 5.92 Å². The predicted molar refractivity (Wildman–Crippen MR) is 76.8 cm³/mol. The average molecular weight is 294 g/mol. The van der Waals surface area contributed by atoms with Crippen molar-refractivity contribution in [2.24, 2.45) is 5.92 Å². The summed E-state index contributed by atoms with van der Waals surface area (Å²) in [6.45, 7) is 1.27. The highest BCUT2D eigenvalue weighted by molar-refractivity contribution is 9.08. The van der Waals surface area contributed by atoms with Crippen LogP contribution in [0.1, 0.15) is 37.7 Å². The molecule has 3 rings (SSSR count). The van der Waals surface area contributed by atoms with Crippen molar-refractivity contribution < 1.29 is 0 Å². The van der Waals surface area contributed by atoms with E-state index in [-0.39, 0.29) is 0 Å². The summed E-state index contributed by atoms with van der Waals surface area (Å²) < 4.78 is 0. The van der Waals surface area contributed by atoms with Crippen LogP contribution in [0.15, 0.2) is 24.3 Å². The molecule has 1 nitrogen and oxygen atoms in total. The molecule has 2 fully saturated rings. The molecule has 0 bridgehead atoms. The summed E-state index contributed by atoms with van der Waals surface area (Å²) in [4.78, 5) is 2.65. The minimum atomic E-state index is 0.832. The Balaban J connectivity index is 1.78. The van der Waals surface area contributed by atoms with Crippen molar-refractivity contribution in [2.45, 2.75) is 43.5 Å². The fraction of sp³-hybridized carbons (Fsp3) is 0.600. The highest BCUT2D eigenvalue weighted by atomic mass is 79.9. The van der Waals surface area contributed by atoms with Crippen LogP contribution in [0.5, 0.6) is 0 Å². The van der Waals surface area contributed by atoms with Gasteiger partial charge >= 0.3 is 0 Å². The summed E-state index contributed by atoms with van der Waals surface area (Å²) in [6.07, 6.45) is 7.16. The quantitative estimate of drug-likeness (QED) is 0.733. The van der Waals surface area contributed by atoms with Gasteiger partial charge in [-0.25, -0.2) is 0 Å². The van der Waals surface area contributed by atoms with Crippen LogP contribution in [0.2, 0.25) is 0 Å². The van der Waals surface area contributed by atoms with Gasteiger partial charge in [-0.1, -0.05) is 40.9 Å².